The van der Waals surface area contributed by atoms with E-state index >= 15 is 0 Å². The van der Waals surface area contributed by atoms with Gasteiger partial charge in [-0.15, -0.1) is 0 Å². The van der Waals surface area contributed by atoms with Gasteiger partial charge in [0.1, 0.15) is 0 Å². The topological polar surface area (TPSA) is 26.0 Å². The zero-order valence-corrected chi connectivity index (χ0v) is 12.7. The molecule has 1 nitrogen and oxygen atoms in total. The number of rotatable bonds is 3. The minimum atomic E-state index is 0.253. The summed E-state index contributed by atoms with van der Waals surface area (Å²) >= 11 is 0. The van der Waals surface area contributed by atoms with Gasteiger partial charge < -0.3 is 5.73 Å². The van der Waals surface area contributed by atoms with E-state index in [4.69, 9.17) is 5.73 Å². The zero-order valence-electron chi connectivity index (χ0n) is 12.7. The molecule has 0 radical (unpaired) electrons. The average molecular weight is 271 g/mol. The van der Waals surface area contributed by atoms with Crippen molar-refractivity contribution in [2.75, 3.05) is 0 Å². The van der Waals surface area contributed by atoms with Crippen molar-refractivity contribution in [3.8, 4) is 0 Å². The van der Waals surface area contributed by atoms with Gasteiger partial charge in [-0.25, -0.2) is 0 Å². The second-order valence-electron chi connectivity index (χ2n) is 6.93. The van der Waals surface area contributed by atoms with Gasteiger partial charge >= 0.3 is 0 Å². The van der Waals surface area contributed by atoms with Gasteiger partial charge in [-0.05, 0) is 48.6 Å². The van der Waals surface area contributed by atoms with E-state index in [9.17, 15) is 0 Å². The molecule has 1 aromatic rings. The summed E-state index contributed by atoms with van der Waals surface area (Å²) < 4.78 is 0. The van der Waals surface area contributed by atoms with Crippen LogP contribution in [-0.2, 0) is 0 Å². The van der Waals surface area contributed by atoms with Crippen molar-refractivity contribution in [1.82, 2.24) is 0 Å². The molecular formula is C19H29N. The van der Waals surface area contributed by atoms with Crippen LogP contribution in [0.1, 0.15) is 87.3 Å². The summed E-state index contributed by atoms with van der Waals surface area (Å²) in [5, 5.41) is 0. The first kappa shape index (κ1) is 14.1. The molecule has 0 saturated heterocycles. The maximum atomic E-state index is 6.56. The molecule has 0 aromatic heterocycles. The molecule has 110 valence electrons. The van der Waals surface area contributed by atoms with Gasteiger partial charge in [0.05, 0.1) is 0 Å². The van der Waals surface area contributed by atoms with Crippen molar-refractivity contribution in [1.29, 1.82) is 0 Å². The highest BCUT2D eigenvalue weighted by Gasteiger charge is 2.22. The Morgan fingerprint density at radius 2 is 1.35 bits per heavy atom. The Balaban J connectivity index is 1.63. The van der Waals surface area contributed by atoms with Crippen LogP contribution >= 0.6 is 0 Å². The molecule has 2 saturated carbocycles. The monoisotopic (exact) mass is 271 g/mol. The molecule has 1 atom stereocenters. The first-order valence-corrected chi connectivity index (χ1v) is 8.70. The Morgan fingerprint density at radius 1 is 0.750 bits per heavy atom. The Labute approximate surface area is 124 Å². The van der Waals surface area contributed by atoms with E-state index in [1.807, 2.05) is 0 Å². The van der Waals surface area contributed by atoms with E-state index in [-0.39, 0.29) is 6.04 Å². The minimum absolute atomic E-state index is 0.253. The Hall–Kier alpha value is -0.820. The van der Waals surface area contributed by atoms with Crippen LogP contribution in [0.2, 0.25) is 0 Å². The van der Waals surface area contributed by atoms with Gasteiger partial charge in [0.15, 0.2) is 0 Å². The smallest absolute Gasteiger partial charge is 0.0323 e. The molecule has 2 aliphatic rings. The van der Waals surface area contributed by atoms with E-state index in [0.717, 1.165) is 5.92 Å². The lowest BCUT2D eigenvalue weighted by molar-refractivity contribution is 0.327. The predicted molar refractivity (Wildman–Crippen MR) is 85.8 cm³/mol. The van der Waals surface area contributed by atoms with E-state index in [1.54, 1.807) is 0 Å². The standard InChI is InChI=1S/C19H29N/c20-19(17-7-4-2-1-3-5-8-17)18-13-11-16(12-14-18)15-9-6-10-15/h11-15,17,19H,1-10,20H2. The normalized spacial score (nSPS) is 23.6. The fraction of sp³-hybridized carbons (Fsp3) is 0.684. The maximum Gasteiger partial charge on any atom is 0.0323 e. The largest absolute Gasteiger partial charge is 0.324 e. The molecule has 1 heteroatoms. The molecule has 3 rings (SSSR count). The highest BCUT2D eigenvalue weighted by Crippen LogP contribution is 2.37. The predicted octanol–water partition coefficient (Wildman–Crippen LogP) is 5.31. The van der Waals surface area contributed by atoms with Crippen LogP contribution in [0.4, 0.5) is 0 Å². The summed E-state index contributed by atoms with van der Waals surface area (Å²) in [6.45, 7) is 0. The highest BCUT2D eigenvalue weighted by molar-refractivity contribution is 5.28. The van der Waals surface area contributed by atoms with Crippen molar-refractivity contribution in [3.05, 3.63) is 35.4 Å². The molecule has 0 heterocycles. The van der Waals surface area contributed by atoms with Crippen LogP contribution in [-0.4, -0.2) is 0 Å². The molecule has 0 bridgehead atoms. The van der Waals surface area contributed by atoms with Crippen LogP contribution in [0.25, 0.3) is 0 Å². The first-order valence-electron chi connectivity index (χ1n) is 8.70. The van der Waals surface area contributed by atoms with Crippen molar-refractivity contribution in [2.45, 2.75) is 76.2 Å². The first-order chi connectivity index (χ1) is 9.84. The van der Waals surface area contributed by atoms with Gasteiger partial charge in [-0.2, -0.15) is 0 Å². The van der Waals surface area contributed by atoms with Crippen LogP contribution in [0.15, 0.2) is 24.3 Å². The zero-order chi connectivity index (χ0) is 13.8. The van der Waals surface area contributed by atoms with Crippen LogP contribution in [0.3, 0.4) is 0 Å². The van der Waals surface area contributed by atoms with Crippen LogP contribution < -0.4 is 5.73 Å². The third kappa shape index (κ3) is 3.25. The minimum Gasteiger partial charge on any atom is -0.324 e. The molecule has 0 spiro atoms. The number of hydrogen-bond donors (Lipinski definition) is 1. The third-order valence-corrected chi connectivity index (χ3v) is 5.56. The van der Waals surface area contributed by atoms with Gasteiger partial charge in [0.2, 0.25) is 0 Å². The molecular weight excluding hydrogens is 242 g/mol. The van der Waals surface area contributed by atoms with Crippen LogP contribution in [0.5, 0.6) is 0 Å². The summed E-state index contributed by atoms with van der Waals surface area (Å²) in [6.07, 6.45) is 13.8. The molecule has 2 fully saturated rings. The molecule has 1 unspecified atom stereocenters. The second-order valence-corrected chi connectivity index (χ2v) is 6.93. The molecule has 0 amide bonds. The molecule has 0 aliphatic heterocycles. The van der Waals surface area contributed by atoms with Crippen LogP contribution in [0, 0.1) is 5.92 Å². The van der Waals surface area contributed by atoms with E-state index in [0.29, 0.717) is 5.92 Å². The SMILES string of the molecule is NC(c1ccc(C2CCC2)cc1)C1CCCCCCC1. The number of benzene rings is 1. The highest BCUT2D eigenvalue weighted by atomic mass is 14.7. The molecule has 2 N–H and O–H groups in total. The summed E-state index contributed by atoms with van der Waals surface area (Å²) in [5.41, 5.74) is 9.45. The quantitative estimate of drug-likeness (QED) is 0.791. The van der Waals surface area contributed by atoms with Gasteiger partial charge in [0, 0.05) is 6.04 Å². The van der Waals surface area contributed by atoms with E-state index < -0.39 is 0 Å². The van der Waals surface area contributed by atoms with Gasteiger partial charge in [-0.1, -0.05) is 62.8 Å². The van der Waals surface area contributed by atoms with Gasteiger partial charge in [0.25, 0.3) is 0 Å². The summed E-state index contributed by atoms with van der Waals surface area (Å²) in [4.78, 5) is 0. The Kier molecular flexibility index (Phi) is 4.77. The number of hydrogen-bond acceptors (Lipinski definition) is 1. The summed E-state index contributed by atoms with van der Waals surface area (Å²) in [5.74, 6) is 1.53. The summed E-state index contributed by atoms with van der Waals surface area (Å²) in [7, 11) is 0. The van der Waals surface area contributed by atoms with Crippen molar-refractivity contribution >= 4 is 0 Å². The van der Waals surface area contributed by atoms with Crippen molar-refractivity contribution < 1.29 is 0 Å². The average Bonchev–Trinajstić information content (AvgIpc) is 2.36. The lowest BCUT2D eigenvalue weighted by Gasteiger charge is -2.28. The van der Waals surface area contributed by atoms with Gasteiger partial charge in [-0.3, -0.25) is 0 Å². The number of nitrogens with two attached hydrogens (primary N) is 1. The Morgan fingerprint density at radius 3 is 1.90 bits per heavy atom. The lowest BCUT2D eigenvalue weighted by Crippen LogP contribution is -2.22. The van der Waals surface area contributed by atoms with Crippen molar-refractivity contribution in [2.24, 2.45) is 11.7 Å². The third-order valence-electron chi connectivity index (χ3n) is 5.56. The Bertz CT molecular complexity index is 396. The fourth-order valence-electron chi connectivity index (χ4n) is 3.85. The maximum absolute atomic E-state index is 6.56. The summed E-state index contributed by atoms with van der Waals surface area (Å²) in [6, 6.07) is 9.53. The molecule has 1 aromatic carbocycles. The van der Waals surface area contributed by atoms with E-state index in [1.165, 1.54) is 75.3 Å². The molecule has 20 heavy (non-hydrogen) atoms. The van der Waals surface area contributed by atoms with Crippen molar-refractivity contribution in [3.63, 3.8) is 0 Å². The molecule has 2 aliphatic carbocycles. The lowest BCUT2D eigenvalue weighted by atomic mass is 9.79. The fourth-order valence-corrected chi connectivity index (χ4v) is 3.85. The van der Waals surface area contributed by atoms with E-state index in [2.05, 4.69) is 24.3 Å². The second kappa shape index (κ2) is 6.76.